The molecule has 0 unspecified atom stereocenters. The van der Waals surface area contributed by atoms with Crippen LogP contribution >= 0.6 is 11.8 Å². The van der Waals surface area contributed by atoms with Crippen molar-refractivity contribution in [3.8, 4) is 0 Å². The highest BCUT2D eigenvalue weighted by molar-refractivity contribution is 7.99. The summed E-state index contributed by atoms with van der Waals surface area (Å²) in [5.74, 6) is 0.265. The number of fused-ring (bicyclic) bond motifs is 2. The van der Waals surface area contributed by atoms with Crippen molar-refractivity contribution < 1.29 is 9.72 Å². The van der Waals surface area contributed by atoms with Crippen LogP contribution in [0, 0.1) is 17.0 Å². The fraction of sp³-hybridized carbons (Fsp3) is 0.200. The van der Waals surface area contributed by atoms with Gasteiger partial charge in [0.2, 0.25) is 5.91 Å². The van der Waals surface area contributed by atoms with Gasteiger partial charge in [-0.1, -0.05) is 30.0 Å². The lowest BCUT2D eigenvalue weighted by atomic mass is 10.1. The van der Waals surface area contributed by atoms with Crippen LogP contribution in [0.25, 0.3) is 10.9 Å². The summed E-state index contributed by atoms with van der Waals surface area (Å²) in [5.41, 5.74) is 3.74. The van der Waals surface area contributed by atoms with E-state index in [1.165, 1.54) is 17.8 Å². The number of aromatic nitrogens is 1. The topological polar surface area (TPSA) is 76.3 Å². The van der Waals surface area contributed by atoms with E-state index in [4.69, 9.17) is 0 Å². The normalized spacial score (nSPS) is 13.0. The highest BCUT2D eigenvalue weighted by Crippen LogP contribution is 2.32. The van der Waals surface area contributed by atoms with Gasteiger partial charge in [-0.15, -0.1) is 0 Å². The monoisotopic (exact) mass is 379 g/mol. The number of carbonyl (C=O) groups is 1. The molecule has 0 saturated carbocycles. The van der Waals surface area contributed by atoms with Crippen LogP contribution in [0.2, 0.25) is 0 Å². The Balaban J connectivity index is 1.49. The first kappa shape index (κ1) is 17.5. The standard InChI is InChI=1S/C20H17N3O3S/c1-13-10-19(21-17-5-3-2-4-16(13)17)27-12-20(24)22-9-8-14-11-15(23(25)26)6-7-18(14)22/h2-7,10-11H,8-9,12H2,1H3. The smallest absolute Gasteiger partial charge is 0.269 e. The summed E-state index contributed by atoms with van der Waals surface area (Å²) in [6, 6.07) is 14.6. The number of non-ortho nitro benzene ring substituents is 1. The number of nitro groups is 1. The Kier molecular flexibility index (Phi) is 4.53. The van der Waals surface area contributed by atoms with Crippen molar-refractivity contribution in [1.82, 2.24) is 4.98 Å². The van der Waals surface area contributed by atoms with Gasteiger partial charge in [-0.25, -0.2) is 4.98 Å². The van der Waals surface area contributed by atoms with Crippen LogP contribution in [0.15, 0.2) is 53.6 Å². The van der Waals surface area contributed by atoms with E-state index in [1.807, 2.05) is 37.3 Å². The Hall–Kier alpha value is -2.93. The molecule has 1 aromatic heterocycles. The van der Waals surface area contributed by atoms with E-state index in [9.17, 15) is 14.9 Å². The lowest BCUT2D eigenvalue weighted by Crippen LogP contribution is -2.30. The summed E-state index contributed by atoms with van der Waals surface area (Å²) in [5, 5.41) is 12.8. The first-order valence-electron chi connectivity index (χ1n) is 8.60. The fourth-order valence-corrected chi connectivity index (χ4v) is 4.22. The summed E-state index contributed by atoms with van der Waals surface area (Å²) in [6.07, 6.45) is 0.640. The lowest BCUT2D eigenvalue weighted by molar-refractivity contribution is -0.384. The highest BCUT2D eigenvalue weighted by atomic mass is 32.2. The third kappa shape index (κ3) is 3.38. The van der Waals surface area contributed by atoms with Crippen LogP contribution in [-0.2, 0) is 11.2 Å². The predicted octanol–water partition coefficient (Wildman–Crippen LogP) is 4.13. The summed E-state index contributed by atoms with van der Waals surface area (Å²) in [6.45, 7) is 2.60. The molecule has 136 valence electrons. The van der Waals surface area contributed by atoms with Crippen molar-refractivity contribution >= 4 is 39.9 Å². The fourth-order valence-electron chi connectivity index (χ4n) is 3.37. The van der Waals surface area contributed by atoms with Crippen LogP contribution in [-0.4, -0.2) is 28.1 Å². The van der Waals surface area contributed by atoms with E-state index in [0.717, 1.165) is 32.7 Å². The van der Waals surface area contributed by atoms with Gasteiger partial charge in [0, 0.05) is 29.8 Å². The zero-order valence-electron chi connectivity index (χ0n) is 14.7. The molecule has 0 fully saturated rings. The predicted molar refractivity (Wildman–Crippen MR) is 106 cm³/mol. The number of nitrogens with zero attached hydrogens (tertiary/aromatic N) is 3. The Labute approximate surface area is 160 Å². The number of thioether (sulfide) groups is 1. The number of rotatable bonds is 4. The van der Waals surface area contributed by atoms with E-state index < -0.39 is 4.92 Å². The van der Waals surface area contributed by atoms with Crippen molar-refractivity contribution in [1.29, 1.82) is 0 Å². The number of pyridine rings is 1. The van der Waals surface area contributed by atoms with Gasteiger partial charge >= 0.3 is 0 Å². The van der Waals surface area contributed by atoms with E-state index in [2.05, 4.69) is 4.98 Å². The molecular weight excluding hydrogens is 362 g/mol. The molecule has 27 heavy (non-hydrogen) atoms. The largest absolute Gasteiger partial charge is 0.311 e. The van der Waals surface area contributed by atoms with Gasteiger partial charge in [-0.3, -0.25) is 14.9 Å². The van der Waals surface area contributed by atoms with Gasteiger partial charge in [-0.05, 0) is 42.7 Å². The number of benzene rings is 2. The van der Waals surface area contributed by atoms with Crippen molar-refractivity contribution in [2.24, 2.45) is 0 Å². The SMILES string of the molecule is Cc1cc(SCC(=O)N2CCc3cc([N+](=O)[O-])ccc32)nc2ccccc12. The molecule has 0 bridgehead atoms. The summed E-state index contributed by atoms with van der Waals surface area (Å²) in [7, 11) is 0. The zero-order valence-corrected chi connectivity index (χ0v) is 15.5. The van der Waals surface area contributed by atoms with E-state index in [-0.39, 0.29) is 17.3 Å². The molecule has 0 saturated heterocycles. The van der Waals surface area contributed by atoms with E-state index >= 15 is 0 Å². The molecule has 7 heteroatoms. The number of amides is 1. The molecule has 4 rings (SSSR count). The number of aryl methyl sites for hydroxylation is 1. The van der Waals surface area contributed by atoms with Gasteiger partial charge in [0.25, 0.3) is 5.69 Å². The first-order valence-corrected chi connectivity index (χ1v) is 9.58. The molecule has 6 nitrogen and oxygen atoms in total. The second-order valence-electron chi connectivity index (χ2n) is 6.45. The van der Waals surface area contributed by atoms with Crippen molar-refractivity contribution in [3.63, 3.8) is 0 Å². The van der Waals surface area contributed by atoms with Crippen molar-refractivity contribution in [2.75, 3.05) is 17.2 Å². The Morgan fingerprint density at radius 2 is 2.07 bits per heavy atom. The second kappa shape index (κ2) is 7.00. The van der Waals surface area contributed by atoms with E-state index in [0.29, 0.717) is 13.0 Å². The molecule has 2 aromatic carbocycles. The maximum absolute atomic E-state index is 12.7. The van der Waals surface area contributed by atoms with Gasteiger partial charge in [0.05, 0.1) is 21.2 Å². The number of nitro benzene ring substituents is 1. The third-order valence-electron chi connectivity index (χ3n) is 4.71. The summed E-state index contributed by atoms with van der Waals surface area (Å²) >= 11 is 1.42. The molecule has 0 spiro atoms. The van der Waals surface area contributed by atoms with Crippen LogP contribution < -0.4 is 4.90 Å². The maximum Gasteiger partial charge on any atom is 0.269 e. The highest BCUT2D eigenvalue weighted by Gasteiger charge is 2.26. The summed E-state index contributed by atoms with van der Waals surface area (Å²) in [4.78, 5) is 29.5. The molecule has 0 radical (unpaired) electrons. The molecule has 0 atom stereocenters. The van der Waals surface area contributed by atoms with Crippen LogP contribution in [0.3, 0.4) is 0 Å². The molecule has 2 heterocycles. The zero-order chi connectivity index (χ0) is 19.0. The Morgan fingerprint density at radius 3 is 2.89 bits per heavy atom. The van der Waals surface area contributed by atoms with Gasteiger partial charge in [0.1, 0.15) is 0 Å². The molecule has 1 amide bonds. The minimum atomic E-state index is -0.408. The van der Waals surface area contributed by atoms with Gasteiger partial charge in [0.15, 0.2) is 0 Å². The van der Waals surface area contributed by atoms with Crippen molar-refractivity contribution in [2.45, 2.75) is 18.4 Å². The van der Waals surface area contributed by atoms with Crippen molar-refractivity contribution in [3.05, 3.63) is 69.8 Å². The Morgan fingerprint density at radius 1 is 1.26 bits per heavy atom. The number of para-hydroxylation sites is 1. The minimum absolute atomic E-state index is 0.0137. The number of hydrogen-bond acceptors (Lipinski definition) is 5. The van der Waals surface area contributed by atoms with Crippen LogP contribution in [0.5, 0.6) is 0 Å². The van der Waals surface area contributed by atoms with Gasteiger partial charge < -0.3 is 4.90 Å². The minimum Gasteiger partial charge on any atom is -0.311 e. The molecule has 1 aliphatic heterocycles. The first-order chi connectivity index (χ1) is 13.0. The molecule has 0 aliphatic carbocycles. The molecule has 3 aromatic rings. The van der Waals surface area contributed by atoms with Gasteiger partial charge in [-0.2, -0.15) is 0 Å². The second-order valence-corrected chi connectivity index (χ2v) is 7.44. The quantitative estimate of drug-likeness (QED) is 0.387. The van der Waals surface area contributed by atoms with Crippen LogP contribution in [0.1, 0.15) is 11.1 Å². The average molecular weight is 379 g/mol. The lowest BCUT2D eigenvalue weighted by Gasteiger charge is -2.17. The summed E-state index contributed by atoms with van der Waals surface area (Å²) < 4.78 is 0. The maximum atomic E-state index is 12.7. The number of anilines is 1. The molecular formula is C20H17N3O3S. The average Bonchev–Trinajstić information content (AvgIpc) is 3.09. The number of carbonyl (C=O) groups excluding carboxylic acids is 1. The van der Waals surface area contributed by atoms with E-state index in [1.54, 1.807) is 17.0 Å². The third-order valence-corrected chi connectivity index (χ3v) is 5.61. The number of hydrogen-bond donors (Lipinski definition) is 0. The molecule has 1 aliphatic rings. The molecule has 0 N–H and O–H groups in total. The van der Waals surface area contributed by atoms with Crippen LogP contribution in [0.4, 0.5) is 11.4 Å². The Bertz CT molecular complexity index is 1070.